The van der Waals surface area contributed by atoms with Crippen molar-refractivity contribution in [2.24, 2.45) is 5.92 Å². The molecule has 0 radical (unpaired) electrons. The fourth-order valence-corrected chi connectivity index (χ4v) is 4.92. The van der Waals surface area contributed by atoms with Gasteiger partial charge in [-0.15, -0.1) is 13.2 Å². The molecule has 0 bridgehead atoms. The van der Waals surface area contributed by atoms with Crippen molar-refractivity contribution in [3.8, 4) is 5.75 Å². The molecule has 1 amide bonds. The van der Waals surface area contributed by atoms with Crippen molar-refractivity contribution < 1.29 is 22.7 Å². The highest BCUT2D eigenvalue weighted by Gasteiger charge is 2.32. The number of carbonyl (C=O) groups is 1. The Kier molecular flexibility index (Phi) is 6.96. The minimum atomic E-state index is -4.73. The summed E-state index contributed by atoms with van der Waals surface area (Å²) in [4.78, 5) is 14.5. The summed E-state index contributed by atoms with van der Waals surface area (Å²) < 4.78 is 40.9. The standard InChI is InChI=1S/C24H26ClF3N2O2/c25-21-13-18(3-1-2-16-8-10-29-11-9-16)12-19-15-30(23(31)22(19)21)14-17-4-6-20(7-5-17)32-24(26,27)28/h4-7,12-13,16,29H,1-3,8-11,14-15H2. The number of nitrogens with zero attached hydrogens (tertiary/aromatic N) is 1. The number of hydrogen-bond acceptors (Lipinski definition) is 3. The Morgan fingerprint density at radius 2 is 1.81 bits per heavy atom. The number of fused-ring (bicyclic) bond motifs is 1. The monoisotopic (exact) mass is 466 g/mol. The zero-order valence-electron chi connectivity index (χ0n) is 17.7. The van der Waals surface area contributed by atoms with Crippen LogP contribution in [0.2, 0.25) is 5.02 Å². The molecule has 2 aromatic carbocycles. The zero-order valence-corrected chi connectivity index (χ0v) is 18.4. The molecule has 1 fully saturated rings. The molecule has 172 valence electrons. The molecule has 1 saturated heterocycles. The average Bonchev–Trinajstić information content (AvgIpc) is 3.05. The molecule has 1 N–H and O–H groups in total. The molecule has 4 nitrogen and oxygen atoms in total. The number of carbonyl (C=O) groups excluding carboxylic acids is 1. The second-order valence-electron chi connectivity index (χ2n) is 8.55. The van der Waals surface area contributed by atoms with Gasteiger partial charge in [0.15, 0.2) is 0 Å². The molecule has 0 aromatic heterocycles. The molecule has 0 unspecified atom stereocenters. The molecule has 0 saturated carbocycles. The van der Waals surface area contributed by atoms with E-state index < -0.39 is 6.36 Å². The summed E-state index contributed by atoms with van der Waals surface area (Å²) in [6, 6.07) is 9.54. The van der Waals surface area contributed by atoms with Crippen molar-refractivity contribution in [3.05, 3.63) is 63.7 Å². The van der Waals surface area contributed by atoms with Crippen molar-refractivity contribution >= 4 is 17.5 Å². The lowest BCUT2D eigenvalue weighted by atomic mass is 9.91. The van der Waals surface area contributed by atoms with E-state index >= 15 is 0 Å². The fourth-order valence-electron chi connectivity index (χ4n) is 4.58. The van der Waals surface area contributed by atoms with Gasteiger partial charge in [-0.25, -0.2) is 0 Å². The lowest BCUT2D eigenvalue weighted by Gasteiger charge is -2.22. The number of benzene rings is 2. The molecular formula is C24H26ClF3N2O2. The smallest absolute Gasteiger partial charge is 0.406 e. The van der Waals surface area contributed by atoms with Crippen LogP contribution in [0, 0.1) is 5.92 Å². The number of nitrogens with one attached hydrogen (secondary N) is 1. The number of rotatable bonds is 7. The first kappa shape index (κ1) is 22.9. The summed E-state index contributed by atoms with van der Waals surface area (Å²) in [6.45, 7) is 2.94. The molecule has 32 heavy (non-hydrogen) atoms. The number of alkyl halides is 3. The number of aryl methyl sites for hydroxylation is 1. The van der Waals surface area contributed by atoms with Gasteiger partial charge in [-0.2, -0.15) is 0 Å². The summed E-state index contributed by atoms with van der Waals surface area (Å²) >= 11 is 6.47. The van der Waals surface area contributed by atoms with E-state index in [2.05, 4.69) is 16.1 Å². The van der Waals surface area contributed by atoms with E-state index in [-0.39, 0.29) is 11.7 Å². The van der Waals surface area contributed by atoms with Gasteiger partial charge in [-0.3, -0.25) is 4.79 Å². The molecule has 8 heteroatoms. The summed E-state index contributed by atoms with van der Waals surface area (Å²) in [7, 11) is 0. The fraction of sp³-hybridized carbons (Fsp3) is 0.458. The topological polar surface area (TPSA) is 41.6 Å². The van der Waals surface area contributed by atoms with Crippen LogP contribution in [0.3, 0.4) is 0 Å². The minimum absolute atomic E-state index is 0.151. The summed E-state index contributed by atoms with van der Waals surface area (Å²) in [5.41, 5.74) is 3.31. The molecule has 2 aliphatic heterocycles. The largest absolute Gasteiger partial charge is 0.573 e. The molecular weight excluding hydrogens is 441 g/mol. The van der Waals surface area contributed by atoms with Gasteiger partial charge in [-0.05, 0) is 79.6 Å². The Morgan fingerprint density at radius 1 is 1.09 bits per heavy atom. The van der Waals surface area contributed by atoms with Gasteiger partial charge in [0.2, 0.25) is 0 Å². The van der Waals surface area contributed by atoms with Crippen LogP contribution >= 0.6 is 11.6 Å². The number of amides is 1. The SMILES string of the molecule is O=C1c2c(Cl)cc(CCCC3CCNCC3)cc2CN1Cc1ccc(OC(F)(F)F)cc1. The van der Waals surface area contributed by atoms with E-state index in [1.54, 1.807) is 4.90 Å². The molecule has 0 aliphatic carbocycles. The third kappa shape index (κ3) is 5.75. The van der Waals surface area contributed by atoms with Gasteiger partial charge in [-0.1, -0.05) is 36.2 Å². The third-order valence-corrected chi connectivity index (χ3v) is 6.46. The maximum absolute atomic E-state index is 12.9. The predicted molar refractivity (Wildman–Crippen MR) is 117 cm³/mol. The van der Waals surface area contributed by atoms with Crippen LogP contribution in [0.15, 0.2) is 36.4 Å². The van der Waals surface area contributed by atoms with Crippen LogP contribution in [-0.2, 0) is 19.5 Å². The maximum Gasteiger partial charge on any atom is 0.573 e. The van der Waals surface area contributed by atoms with Crippen molar-refractivity contribution in [1.82, 2.24) is 10.2 Å². The van der Waals surface area contributed by atoms with E-state index in [9.17, 15) is 18.0 Å². The Balaban J connectivity index is 1.36. The predicted octanol–water partition coefficient (Wildman–Crippen LogP) is 5.72. The minimum Gasteiger partial charge on any atom is -0.406 e. The average molecular weight is 467 g/mol. The Morgan fingerprint density at radius 3 is 2.50 bits per heavy atom. The van der Waals surface area contributed by atoms with Crippen LogP contribution in [0.25, 0.3) is 0 Å². The Bertz CT molecular complexity index is 957. The lowest BCUT2D eigenvalue weighted by Crippen LogP contribution is -2.27. The van der Waals surface area contributed by atoms with Crippen LogP contribution in [0.1, 0.15) is 52.7 Å². The molecule has 4 rings (SSSR count). The molecule has 0 spiro atoms. The zero-order chi connectivity index (χ0) is 22.7. The van der Waals surface area contributed by atoms with Crippen molar-refractivity contribution in [2.75, 3.05) is 13.1 Å². The second-order valence-corrected chi connectivity index (χ2v) is 8.96. The number of piperidine rings is 1. The highest BCUT2D eigenvalue weighted by Crippen LogP contribution is 2.33. The van der Waals surface area contributed by atoms with E-state index in [1.165, 1.54) is 43.5 Å². The van der Waals surface area contributed by atoms with Gasteiger partial charge in [0.25, 0.3) is 5.91 Å². The van der Waals surface area contributed by atoms with Gasteiger partial charge in [0, 0.05) is 13.1 Å². The molecule has 2 aromatic rings. The van der Waals surface area contributed by atoms with Crippen LogP contribution in [-0.4, -0.2) is 30.3 Å². The summed E-state index contributed by atoms with van der Waals surface area (Å²) in [5.74, 6) is 0.350. The highest BCUT2D eigenvalue weighted by atomic mass is 35.5. The molecule has 2 heterocycles. The number of hydrogen-bond donors (Lipinski definition) is 1. The lowest BCUT2D eigenvalue weighted by molar-refractivity contribution is -0.274. The number of halogens is 4. The Labute approximate surface area is 190 Å². The number of ether oxygens (including phenoxy) is 1. The normalized spacial score (nSPS) is 17.0. The third-order valence-electron chi connectivity index (χ3n) is 6.16. The first-order chi connectivity index (χ1) is 15.3. The van der Waals surface area contributed by atoms with Crippen LogP contribution < -0.4 is 10.1 Å². The van der Waals surface area contributed by atoms with Gasteiger partial charge in [0.1, 0.15) is 5.75 Å². The van der Waals surface area contributed by atoms with E-state index in [1.807, 2.05) is 6.07 Å². The Hall–Kier alpha value is -2.25. The highest BCUT2D eigenvalue weighted by molar-refractivity contribution is 6.34. The van der Waals surface area contributed by atoms with Gasteiger partial charge in [0.05, 0.1) is 10.6 Å². The molecule has 0 atom stereocenters. The quantitative estimate of drug-likeness (QED) is 0.567. The van der Waals surface area contributed by atoms with Gasteiger partial charge >= 0.3 is 6.36 Å². The van der Waals surface area contributed by atoms with E-state index in [0.717, 1.165) is 48.5 Å². The van der Waals surface area contributed by atoms with E-state index in [4.69, 9.17) is 11.6 Å². The summed E-state index contributed by atoms with van der Waals surface area (Å²) in [5, 5.41) is 3.86. The molecule has 2 aliphatic rings. The maximum atomic E-state index is 12.9. The first-order valence-electron chi connectivity index (χ1n) is 10.9. The van der Waals surface area contributed by atoms with Crippen molar-refractivity contribution in [2.45, 2.75) is 51.6 Å². The second kappa shape index (κ2) is 9.71. The van der Waals surface area contributed by atoms with Crippen molar-refractivity contribution in [3.63, 3.8) is 0 Å². The summed E-state index contributed by atoms with van der Waals surface area (Å²) in [6.07, 6.45) is 0.983. The van der Waals surface area contributed by atoms with E-state index in [0.29, 0.717) is 23.7 Å². The van der Waals surface area contributed by atoms with Crippen LogP contribution in [0.4, 0.5) is 13.2 Å². The van der Waals surface area contributed by atoms with Gasteiger partial charge < -0.3 is 15.0 Å². The first-order valence-corrected chi connectivity index (χ1v) is 11.3. The van der Waals surface area contributed by atoms with Crippen molar-refractivity contribution in [1.29, 1.82) is 0 Å². The van der Waals surface area contributed by atoms with Crippen LogP contribution in [0.5, 0.6) is 5.75 Å².